The molecule has 0 heterocycles. The molecule has 0 aliphatic rings. The number of carbonyl (C=O) groups is 2. The highest BCUT2D eigenvalue weighted by Gasteiger charge is 2.13. The number of aromatic hydroxyl groups is 1. The highest BCUT2D eigenvalue weighted by Crippen LogP contribution is 2.21. The van der Waals surface area contributed by atoms with Gasteiger partial charge in [0.05, 0.1) is 13.3 Å². The summed E-state index contributed by atoms with van der Waals surface area (Å²) in [5.74, 6) is -1.39. The van der Waals surface area contributed by atoms with Crippen LogP contribution in [0.15, 0.2) is 41.5 Å². The summed E-state index contributed by atoms with van der Waals surface area (Å²) in [6.07, 6.45) is 1.20. The first-order valence-electron chi connectivity index (χ1n) is 7.18. The minimum absolute atomic E-state index is 0.0439. The molecule has 0 unspecified atom stereocenters. The van der Waals surface area contributed by atoms with Crippen LogP contribution >= 0.6 is 11.6 Å². The van der Waals surface area contributed by atoms with Crippen LogP contribution in [0.2, 0.25) is 5.02 Å². The number of rotatable bonds is 4. The second-order valence-corrected chi connectivity index (χ2v) is 5.45. The maximum atomic E-state index is 11.8. The molecule has 0 fully saturated rings. The van der Waals surface area contributed by atoms with Gasteiger partial charge in [0, 0.05) is 16.3 Å². The Labute approximate surface area is 149 Å². The lowest BCUT2D eigenvalue weighted by atomic mass is 10.2. The molecule has 0 bridgehead atoms. The van der Waals surface area contributed by atoms with Crippen molar-refractivity contribution in [3.63, 3.8) is 0 Å². The number of anilines is 1. The molecule has 130 valence electrons. The van der Waals surface area contributed by atoms with Crippen molar-refractivity contribution < 1.29 is 19.4 Å². The zero-order valence-electron chi connectivity index (χ0n) is 13.5. The monoisotopic (exact) mass is 361 g/mol. The Hall–Kier alpha value is -3.06. The van der Waals surface area contributed by atoms with Gasteiger partial charge in [0.15, 0.2) is 0 Å². The van der Waals surface area contributed by atoms with Crippen LogP contribution in [0, 0.1) is 6.92 Å². The van der Waals surface area contributed by atoms with E-state index >= 15 is 0 Å². The summed E-state index contributed by atoms with van der Waals surface area (Å²) < 4.78 is 5.02. The number of amides is 2. The van der Waals surface area contributed by atoms with E-state index in [2.05, 4.69) is 15.8 Å². The third-order valence-corrected chi connectivity index (χ3v) is 3.65. The van der Waals surface area contributed by atoms with Crippen molar-refractivity contribution in [2.24, 2.45) is 5.10 Å². The summed E-state index contributed by atoms with van der Waals surface area (Å²) in [5.41, 5.74) is 3.65. The third kappa shape index (κ3) is 4.95. The number of nitrogens with zero attached hydrogens (tertiary/aromatic N) is 1. The Kier molecular flexibility index (Phi) is 5.97. The number of carbonyl (C=O) groups excluding carboxylic acids is 2. The van der Waals surface area contributed by atoms with E-state index in [4.69, 9.17) is 16.3 Å². The molecular weight excluding hydrogens is 346 g/mol. The van der Waals surface area contributed by atoms with Crippen molar-refractivity contribution in [1.29, 1.82) is 0 Å². The fraction of sp³-hybridized carbons (Fsp3) is 0.118. The quantitative estimate of drug-likeness (QED) is 0.442. The van der Waals surface area contributed by atoms with Crippen LogP contribution in [0.3, 0.4) is 0 Å². The number of hydrazone groups is 1. The fourth-order valence-electron chi connectivity index (χ4n) is 1.83. The summed E-state index contributed by atoms with van der Waals surface area (Å²) in [4.78, 5) is 23.5. The van der Waals surface area contributed by atoms with Gasteiger partial charge in [0.2, 0.25) is 0 Å². The van der Waals surface area contributed by atoms with Gasteiger partial charge in [-0.2, -0.15) is 5.10 Å². The molecule has 3 N–H and O–H groups in total. The van der Waals surface area contributed by atoms with Crippen molar-refractivity contribution >= 4 is 35.3 Å². The molecular formula is C17H16ClN3O4. The van der Waals surface area contributed by atoms with Gasteiger partial charge in [-0.25, -0.2) is 5.43 Å². The van der Waals surface area contributed by atoms with Crippen molar-refractivity contribution in [3.05, 3.63) is 52.5 Å². The summed E-state index contributed by atoms with van der Waals surface area (Å²) >= 11 is 5.96. The lowest BCUT2D eigenvalue weighted by molar-refractivity contribution is -0.136. The van der Waals surface area contributed by atoms with Crippen molar-refractivity contribution in [1.82, 2.24) is 5.43 Å². The molecule has 2 rings (SSSR count). The molecule has 0 atom stereocenters. The van der Waals surface area contributed by atoms with E-state index in [1.165, 1.54) is 25.5 Å². The molecule has 2 aromatic rings. The lowest BCUT2D eigenvalue weighted by Gasteiger charge is -2.06. The highest BCUT2D eigenvalue weighted by molar-refractivity contribution is 6.39. The molecule has 0 spiro atoms. The predicted octanol–water partition coefficient (Wildman–Crippen LogP) is 2.45. The van der Waals surface area contributed by atoms with Gasteiger partial charge in [-0.05, 0) is 42.8 Å². The summed E-state index contributed by atoms with van der Waals surface area (Å²) in [6, 6.07) is 9.42. The molecule has 2 amide bonds. The maximum absolute atomic E-state index is 11.8. The minimum Gasteiger partial charge on any atom is -0.507 e. The molecule has 0 saturated heterocycles. The largest absolute Gasteiger partial charge is 0.507 e. The Morgan fingerprint density at radius 1 is 1.20 bits per heavy atom. The van der Waals surface area contributed by atoms with E-state index in [-0.39, 0.29) is 5.75 Å². The molecule has 0 aliphatic carbocycles. The van der Waals surface area contributed by atoms with Gasteiger partial charge in [-0.3, -0.25) is 9.59 Å². The van der Waals surface area contributed by atoms with E-state index in [1.54, 1.807) is 24.3 Å². The first-order valence-corrected chi connectivity index (χ1v) is 7.56. The standard InChI is InChI=1S/C17H16ClN3O4/c1-10-3-4-12(8-14(10)18)20-16(23)17(24)21-19-9-11-7-13(25-2)5-6-15(11)22/h3-9,22H,1-2H3,(H,20,23)(H,21,24)/b19-9-. The number of benzene rings is 2. The maximum Gasteiger partial charge on any atom is 0.329 e. The van der Waals surface area contributed by atoms with Crippen LogP contribution in [-0.2, 0) is 9.59 Å². The molecule has 8 heteroatoms. The smallest absolute Gasteiger partial charge is 0.329 e. The number of hydrogen-bond acceptors (Lipinski definition) is 5. The molecule has 2 aromatic carbocycles. The molecule has 0 aliphatic heterocycles. The summed E-state index contributed by atoms with van der Waals surface area (Å²) in [6.45, 7) is 1.82. The second-order valence-electron chi connectivity index (χ2n) is 5.04. The first-order chi connectivity index (χ1) is 11.9. The lowest BCUT2D eigenvalue weighted by Crippen LogP contribution is -2.32. The van der Waals surface area contributed by atoms with Crippen LogP contribution < -0.4 is 15.5 Å². The van der Waals surface area contributed by atoms with Gasteiger partial charge in [-0.1, -0.05) is 17.7 Å². The summed E-state index contributed by atoms with van der Waals surface area (Å²) in [5, 5.41) is 16.2. The van der Waals surface area contributed by atoms with Crippen LogP contribution in [0.5, 0.6) is 11.5 Å². The Bertz CT molecular complexity index is 837. The molecule has 0 radical (unpaired) electrons. The van der Waals surface area contributed by atoms with Gasteiger partial charge in [0.25, 0.3) is 0 Å². The predicted molar refractivity (Wildman–Crippen MR) is 95.2 cm³/mol. The van der Waals surface area contributed by atoms with E-state index in [1.807, 2.05) is 6.92 Å². The third-order valence-electron chi connectivity index (χ3n) is 3.24. The number of ether oxygens (including phenoxy) is 1. The fourth-order valence-corrected chi connectivity index (χ4v) is 2.01. The zero-order chi connectivity index (χ0) is 18.4. The Balaban J connectivity index is 1.97. The van der Waals surface area contributed by atoms with E-state index in [0.29, 0.717) is 22.0 Å². The molecule has 25 heavy (non-hydrogen) atoms. The number of hydrogen-bond donors (Lipinski definition) is 3. The number of nitrogens with one attached hydrogen (secondary N) is 2. The number of phenolic OH excluding ortho intramolecular Hbond substituents is 1. The number of methoxy groups -OCH3 is 1. The van der Waals surface area contributed by atoms with Crippen LogP contribution in [0.1, 0.15) is 11.1 Å². The van der Waals surface area contributed by atoms with E-state index in [9.17, 15) is 14.7 Å². The number of halogens is 1. The van der Waals surface area contributed by atoms with Crippen molar-refractivity contribution in [3.8, 4) is 11.5 Å². The summed E-state index contributed by atoms with van der Waals surface area (Å²) in [7, 11) is 1.48. The average Bonchev–Trinajstić information content (AvgIpc) is 2.59. The van der Waals surface area contributed by atoms with Crippen molar-refractivity contribution in [2.75, 3.05) is 12.4 Å². The SMILES string of the molecule is COc1ccc(O)c(/C=N\NC(=O)C(=O)Nc2ccc(C)c(Cl)c2)c1. The highest BCUT2D eigenvalue weighted by atomic mass is 35.5. The second kappa shape index (κ2) is 8.16. The number of phenols is 1. The Morgan fingerprint density at radius 3 is 2.64 bits per heavy atom. The molecule has 7 nitrogen and oxygen atoms in total. The van der Waals surface area contributed by atoms with E-state index < -0.39 is 11.8 Å². The van der Waals surface area contributed by atoms with Gasteiger partial charge in [-0.15, -0.1) is 0 Å². The molecule has 0 aromatic heterocycles. The van der Waals surface area contributed by atoms with Crippen LogP contribution in [0.4, 0.5) is 5.69 Å². The van der Waals surface area contributed by atoms with Gasteiger partial charge in [0.1, 0.15) is 11.5 Å². The van der Waals surface area contributed by atoms with E-state index in [0.717, 1.165) is 5.56 Å². The average molecular weight is 362 g/mol. The van der Waals surface area contributed by atoms with Gasteiger partial charge < -0.3 is 15.2 Å². The minimum atomic E-state index is -0.963. The van der Waals surface area contributed by atoms with Gasteiger partial charge >= 0.3 is 11.8 Å². The topological polar surface area (TPSA) is 100 Å². The van der Waals surface area contributed by atoms with Crippen LogP contribution in [-0.4, -0.2) is 30.2 Å². The van der Waals surface area contributed by atoms with Crippen molar-refractivity contribution in [2.45, 2.75) is 6.92 Å². The molecule has 0 saturated carbocycles. The normalized spacial score (nSPS) is 10.5. The van der Waals surface area contributed by atoms with Crippen LogP contribution in [0.25, 0.3) is 0 Å². The number of aryl methyl sites for hydroxylation is 1. The first kappa shape index (κ1) is 18.3. The Morgan fingerprint density at radius 2 is 1.96 bits per heavy atom. The zero-order valence-corrected chi connectivity index (χ0v) is 14.3.